The lowest BCUT2D eigenvalue weighted by Crippen LogP contribution is -2.22. The second kappa shape index (κ2) is 14.5. The molecule has 1 heterocycles. The van der Waals surface area contributed by atoms with E-state index in [1.54, 1.807) is 6.08 Å². The fourth-order valence-corrected chi connectivity index (χ4v) is 3.25. The molecule has 1 fully saturated rings. The van der Waals surface area contributed by atoms with Gasteiger partial charge in [0, 0.05) is 13.0 Å². The fourth-order valence-electron chi connectivity index (χ4n) is 3.25. The standard InChI is InChI=1S/C21H39NO2/c1-3-5-6-7-9-12-15-19-20(24-19)16-13-10-8-11-14-17-21(23)22-18-4-2/h4,19-20H,2-3,5-18H2,1H3,(H,22,23)/t19-,20+/m1/s1. The molecule has 2 atom stereocenters. The summed E-state index contributed by atoms with van der Waals surface area (Å²) in [6.45, 7) is 6.44. The molecule has 1 amide bonds. The maximum Gasteiger partial charge on any atom is 0.220 e. The number of hydrogen-bond acceptors (Lipinski definition) is 2. The number of carbonyl (C=O) groups is 1. The Balaban J connectivity index is 1.78. The first kappa shape index (κ1) is 21.2. The summed E-state index contributed by atoms with van der Waals surface area (Å²) < 4.78 is 5.78. The van der Waals surface area contributed by atoms with Crippen LogP contribution in [0.15, 0.2) is 12.7 Å². The topological polar surface area (TPSA) is 41.6 Å². The van der Waals surface area contributed by atoms with Crippen molar-refractivity contribution in [2.45, 2.75) is 109 Å². The molecule has 0 bridgehead atoms. The minimum atomic E-state index is 0.152. The molecule has 0 aliphatic carbocycles. The summed E-state index contributed by atoms with van der Waals surface area (Å²) in [5, 5.41) is 2.82. The SMILES string of the molecule is C=CCNC(=O)CCCCCCC[C@@H]1O[C@@H]1CCCCCCCC. The van der Waals surface area contributed by atoms with Gasteiger partial charge in [0.15, 0.2) is 0 Å². The van der Waals surface area contributed by atoms with Crippen molar-refractivity contribution in [1.82, 2.24) is 5.32 Å². The summed E-state index contributed by atoms with van der Waals surface area (Å²) in [4.78, 5) is 11.4. The fraction of sp³-hybridized carbons (Fsp3) is 0.857. The molecule has 3 nitrogen and oxygen atoms in total. The number of rotatable bonds is 17. The van der Waals surface area contributed by atoms with Crippen LogP contribution >= 0.6 is 0 Å². The van der Waals surface area contributed by atoms with E-state index < -0.39 is 0 Å². The third-order valence-corrected chi connectivity index (χ3v) is 4.87. The predicted molar refractivity (Wildman–Crippen MR) is 102 cm³/mol. The van der Waals surface area contributed by atoms with E-state index >= 15 is 0 Å². The van der Waals surface area contributed by atoms with Crippen molar-refractivity contribution in [3.63, 3.8) is 0 Å². The van der Waals surface area contributed by atoms with Gasteiger partial charge < -0.3 is 10.1 Å². The lowest BCUT2D eigenvalue weighted by Gasteiger charge is -2.02. The molecule has 24 heavy (non-hydrogen) atoms. The van der Waals surface area contributed by atoms with Crippen LogP contribution in [0.4, 0.5) is 0 Å². The van der Waals surface area contributed by atoms with E-state index in [-0.39, 0.29) is 5.91 Å². The predicted octanol–water partition coefficient (Wildman–Crippen LogP) is 5.54. The number of carbonyl (C=O) groups excluding carboxylic acids is 1. The van der Waals surface area contributed by atoms with Crippen molar-refractivity contribution in [3.8, 4) is 0 Å². The van der Waals surface area contributed by atoms with Crippen LogP contribution in [0.5, 0.6) is 0 Å². The quantitative estimate of drug-likeness (QED) is 0.215. The van der Waals surface area contributed by atoms with Gasteiger partial charge in [0.05, 0.1) is 12.2 Å². The Morgan fingerprint density at radius 1 is 0.917 bits per heavy atom. The van der Waals surface area contributed by atoms with Crippen LogP contribution < -0.4 is 5.32 Å². The molecule has 0 spiro atoms. The Bertz CT molecular complexity index is 330. The monoisotopic (exact) mass is 337 g/mol. The normalized spacial score (nSPS) is 19.2. The van der Waals surface area contributed by atoms with Crippen LogP contribution in [0, 0.1) is 0 Å². The summed E-state index contributed by atoms with van der Waals surface area (Å²) >= 11 is 0. The second-order valence-electron chi connectivity index (χ2n) is 7.17. The van der Waals surface area contributed by atoms with Crippen molar-refractivity contribution >= 4 is 5.91 Å². The molecular weight excluding hydrogens is 298 g/mol. The van der Waals surface area contributed by atoms with E-state index in [1.165, 1.54) is 70.6 Å². The van der Waals surface area contributed by atoms with Crippen LogP contribution in [-0.4, -0.2) is 24.7 Å². The summed E-state index contributed by atoms with van der Waals surface area (Å²) in [6.07, 6.45) is 20.2. The maximum absolute atomic E-state index is 11.4. The Morgan fingerprint density at radius 3 is 2.04 bits per heavy atom. The summed E-state index contributed by atoms with van der Waals surface area (Å²) in [5.41, 5.74) is 0. The van der Waals surface area contributed by atoms with E-state index in [9.17, 15) is 4.79 Å². The largest absolute Gasteiger partial charge is 0.370 e. The Kier molecular flexibility index (Phi) is 12.8. The molecule has 0 aromatic heterocycles. The molecule has 1 N–H and O–H groups in total. The highest BCUT2D eigenvalue weighted by Crippen LogP contribution is 2.31. The van der Waals surface area contributed by atoms with E-state index in [1.807, 2.05) is 0 Å². The number of amides is 1. The van der Waals surface area contributed by atoms with Gasteiger partial charge in [0.25, 0.3) is 0 Å². The highest BCUT2D eigenvalue weighted by molar-refractivity contribution is 5.75. The average Bonchev–Trinajstić information content (AvgIpc) is 3.33. The van der Waals surface area contributed by atoms with Gasteiger partial charge >= 0.3 is 0 Å². The van der Waals surface area contributed by atoms with Gasteiger partial charge in [0.1, 0.15) is 0 Å². The zero-order chi connectivity index (χ0) is 17.5. The number of epoxide rings is 1. The lowest BCUT2D eigenvalue weighted by atomic mass is 10.0. The lowest BCUT2D eigenvalue weighted by molar-refractivity contribution is -0.121. The summed E-state index contributed by atoms with van der Waals surface area (Å²) in [6, 6.07) is 0. The molecule has 0 aromatic carbocycles. The van der Waals surface area contributed by atoms with Gasteiger partial charge in [-0.2, -0.15) is 0 Å². The molecular formula is C21H39NO2. The number of unbranched alkanes of at least 4 members (excludes halogenated alkanes) is 9. The highest BCUT2D eigenvalue weighted by atomic mass is 16.6. The molecule has 140 valence electrons. The Hall–Kier alpha value is -0.830. The Labute approximate surface area is 149 Å². The van der Waals surface area contributed by atoms with Crippen LogP contribution in [0.2, 0.25) is 0 Å². The van der Waals surface area contributed by atoms with E-state index in [0.29, 0.717) is 25.2 Å². The van der Waals surface area contributed by atoms with Gasteiger partial charge in [-0.25, -0.2) is 0 Å². The van der Waals surface area contributed by atoms with Gasteiger partial charge in [-0.3, -0.25) is 4.79 Å². The van der Waals surface area contributed by atoms with Crippen molar-refractivity contribution in [1.29, 1.82) is 0 Å². The third-order valence-electron chi connectivity index (χ3n) is 4.87. The molecule has 3 heteroatoms. The smallest absolute Gasteiger partial charge is 0.220 e. The molecule has 1 aliphatic rings. The number of nitrogens with one attached hydrogen (secondary N) is 1. The summed E-state index contributed by atoms with van der Waals surface area (Å²) in [7, 11) is 0. The first-order valence-corrected chi connectivity index (χ1v) is 10.3. The average molecular weight is 338 g/mol. The number of ether oxygens (including phenoxy) is 1. The first-order valence-electron chi connectivity index (χ1n) is 10.3. The summed E-state index contributed by atoms with van der Waals surface area (Å²) in [5.74, 6) is 0.152. The minimum absolute atomic E-state index is 0.152. The zero-order valence-corrected chi connectivity index (χ0v) is 15.9. The number of hydrogen-bond donors (Lipinski definition) is 1. The van der Waals surface area contributed by atoms with Crippen LogP contribution in [0.1, 0.15) is 96.8 Å². The minimum Gasteiger partial charge on any atom is -0.370 e. The van der Waals surface area contributed by atoms with Gasteiger partial charge in [0.2, 0.25) is 5.91 Å². The molecule has 1 aliphatic heterocycles. The van der Waals surface area contributed by atoms with Crippen molar-refractivity contribution in [2.75, 3.05) is 6.54 Å². The van der Waals surface area contributed by atoms with Gasteiger partial charge in [-0.05, 0) is 19.3 Å². The van der Waals surface area contributed by atoms with Gasteiger partial charge in [-0.15, -0.1) is 6.58 Å². The van der Waals surface area contributed by atoms with Crippen LogP contribution in [-0.2, 0) is 9.53 Å². The Morgan fingerprint density at radius 2 is 1.46 bits per heavy atom. The van der Waals surface area contributed by atoms with Crippen LogP contribution in [0.3, 0.4) is 0 Å². The van der Waals surface area contributed by atoms with Crippen molar-refractivity contribution in [3.05, 3.63) is 12.7 Å². The van der Waals surface area contributed by atoms with E-state index in [4.69, 9.17) is 4.74 Å². The molecule has 0 unspecified atom stereocenters. The zero-order valence-electron chi connectivity index (χ0n) is 15.9. The molecule has 1 rings (SSSR count). The van der Waals surface area contributed by atoms with Gasteiger partial charge in [-0.1, -0.05) is 77.2 Å². The second-order valence-corrected chi connectivity index (χ2v) is 7.17. The first-order chi connectivity index (χ1) is 11.8. The van der Waals surface area contributed by atoms with E-state index in [0.717, 1.165) is 12.8 Å². The molecule has 1 saturated heterocycles. The highest BCUT2D eigenvalue weighted by Gasteiger charge is 2.36. The van der Waals surface area contributed by atoms with Crippen LogP contribution in [0.25, 0.3) is 0 Å². The van der Waals surface area contributed by atoms with Crippen molar-refractivity contribution < 1.29 is 9.53 Å². The third kappa shape index (κ3) is 11.7. The maximum atomic E-state index is 11.4. The molecule has 0 aromatic rings. The molecule has 0 saturated carbocycles. The van der Waals surface area contributed by atoms with E-state index in [2.05, 4.69) is 18.8 Å². The van der Waals surface area contributed by atoms with Crippen molar-refractivity contribution in [2.24, 2.45) is 0 Å². The molecule has 0 radical (unpaired) electrons.